The minimum Gasteiger partial charge on any atom is -0.394 e. The fourth-order valence-corrected chi connectivity index (χ4v) is 3.65. The quantitative estimate of drug-likeness (QED) is 0.905. The zero-order valence-electron chi connectivity index (χ0n) is 12.6. The lowest BCUT2D eigenvalue weighted by atomic mass is 10.0. The first-order valence-electron chi connectivity index (χ1n) is 7.96. The van der Waals surface area contributed by atoms with Gasteiger partial charge in [-0.2, -0.15) is 0 Å². The Morgan fingerprint density at radius 2 is 2.15 bits per heavy atom. The first-order chi connectivity index (χ1) is 9.69. The van der Waals surface area contributed by atoms with Crippen molar-refractivity contribution < 1.29 is 5.11 Å². The van der Waals surface area contributed by atoms with Crippen molar-refractivity contribution in [3.8, 4) is 0 Å². The third kappa shape index (κ3) is 2.61. The molecule has 3 rings (SSSR count). The van der Waals surface area contributed by atoms with Crippen LogP contribution in [-0.4, -0.2) is 50.5 Å². The molecular weight excluding hydrogens is 252 g/mol. The zero-order valence-corrected chi connectivity index (χ0v) is 12.6. The van der Waals surface area contributed by atoms with Crippen molar-refractivity contribution >= 4 is 0 Å². The van der Waals surface area contributed by atoms with Crippen molar-refractivity contribution in [1.82, 2.24) is 19.7 Å². The number of rotatable bonds is 4. The number of aryl methyl sites for hydroxylation is 1. The van der Waals surface area contributed by atoms with Crippen LogP contribution in [0, 0.1) is 5.92 Å². The maximum atomic E-state index is 9.57. The van der Waals surface area contributed by atoms with E-state index in [-0.39, 0.29) is 12.6 Å². The number of aliphatic hydroxyl groups excluding tert-OH is 1. The topological polar surface area (TPSA) is 54.2 Å². The SMILES string of the molecule is CC(C)N1CCC(Cc2nnc3n2C(CO)CCC3)C1. The number of hydrogen-bond donors (Lipinski definition) is 1. The van der Waals surface area contributed by atoms with Gasteiger partial charge in [-0.1, -0.05) is 0 Å². The van der Waals surface area contributed by atoms with E-state index in [1.165, 1.54) is 19.5 Å². The van der Waals surface area contributed by atoms with Gasteiger partial charge in [0.05, 0.1) is 12.6 Å². The average molecular weight is 278 g/mol. The molecule has 0 radical (unpaired) electrons. The van der Waals surface area contributed by atoms with Crippen LogP contribution in [0.5, 0.6) is 0 Å². The summed E-state index contributed by atoms with van der Waals surface area (Å²) in [7, 11) is 0. The average Bonchev–Trinajstić information content (AvgIpc) is 3.06. The molecule has 0 aromatic carbocycles. The predicted octanol–water partition coefficient (Wildman–Crippen LogP) is 1.42. The third-order valence-electron chi connectivity index (χ3n) is 4.87. The molecule has 1 aromatic heterocycles. The Labute approximate surface area is 121 Å². The van der Waals surface area contributed by atoms with Crippen LogP contribution in [-0.2, 0) is 12.8 Å². The van der Waals surface area contributed by atoms with Crippen LogP contribution < -0.4 is 0 Å². The Morgan fingerprint density at radius 1 is 1.30 bits per heavy atom. The van der Waals surface area contributed by atoms with Gasteiger partial charge in [-0.15, -0.1) is 10.2 Å². The van der Waals surface area contributed by atoms with Crippen LogP contribution in [0.3, 0.4) is 0 Å². The summed E-state index contributed by atoms with van der Waals surface area (Å²) < 4.78 is 2.22. The van der Waals surface area contributed by atoms with Gasteiger partial charge in [-0.25, -0.2) is 0 Å². The second-order valence-electron chi connectivity index (χ2n) is 6.58. The summed E-state index contributed by atoms with van der Waals surface area (Å²) in [6, 6.07) is 0.837. The molecular formula is C15H26N4O. The highest BCUT2D eigenvalue weighted by molar-refractivity contribution is 5.04. The number of likely N-dealkylation sites (tertiary alicyclic amines) is 1. The molecule has 0 amide bonds. The van der Waals surface area contributed by atoms with Crippen LogP contribution in [0.15, 0.2) is 0 Å². The molecule has 2 aliphatic rings. The van der Waals surface area contributed by atoms with Crippen molar-refractivity contribution in [2.75, 3.05) is 19.7 Å². The normalized spacial score (nSPS) is 27.2. The molecule has 0 bridgehead atoms. The van der Waals surface area contributed by atoms with Gasteiger partial charge in [-0.3, -0.25) is 0 Å². The van der Waals surface area contributed by atoms with Crippen molar-refractivity contribution in [2.45, 2.75) is 58.0 Å². The molecule has 1 fully saturated rings. The number of nitrogens with zero attached hydrogens (tertiary/aromatic N) is 4. The molecule has 0 spiro atoms. The Kier molecular flexibility index (Phi) is 4.08. The Hall–Kier alpha value is -0.940. The van der Waals surface area contributed by atoms with Crippen LogP contribution >= 0.6 is 0 Å². The van der Waals surface area contributed by atoms with Gasteiger partial charge in [0.1, 0.15) is 11.6 Å². The molecule has 5 heteroatoms. The van der Waals surface area contributed by atoms with E-state index in [1.807, 2.05) is 0 Å². The lowest BCUT2D eigenvalue weighted by Gasteiger charge is -2.25. The molecule has 1 aromatic rings. The van der Waals surface area contributed by atoms with E-state index in [9.17, 15) is 5.11 Å². The lowest BCUT2D eigenvalue weighted by Crippen LogP contribution is -2.29. The molecule has 5 nitrogen and oxygen atoms in total. The first-order valence-corrected chi connectivity index (χ1v) is 7.96. The van der Waals surface area contributed by atoms with Gasteiger partial charge in [0, 0.05) is 25.4 Å². The van der Waals surface area contributed by atoms with Gasteiger partial charge in [0.2, 0.25) is 0 Å². The van der Waals surface area contributed by atoms with E-state index < -0.39 is 0 Å². The minimum atomic E-state index is 0.200. The van der Waals surface area contributed by atoms with E-state index in [4.69, 9.17) is 0 Å². The number of aliphatic hydroxyl groups is 1. The predicted molar refractivity (Wildman–Crippen MR) is 77.6 cm³/mol. The van der Waals surface area contributed by atoms with Crippen LogP contribution in [0.2, 0.25) is 0 Å². The van der Waals surface area contributed by atoms with Crippen molar-refractivity contribution in [3.05, 3.63) is 11.6 Å². The van der Waals surface area contributed by atoms with Crippen LogP contribution in [0.1, 0.15) is 50.8 Å². The van der Waals surface area contributed by atoms with E-state index >= 15 is 0 Å². The third-order valence-corrected chi connectivity index (χ3v) is 4.87. The molecule has 20 heavy (non-hydrogen) atoms. The van der Waals surface area contributed by atoms with Gasteiger partial charge in [0.25, 0.3) is 0 Å². The maximum absolute atomic E-state index is 9.57. The highest BCUT2D eigenvalue weighted by Gasteiger charge is 2.29. The van der Waals surface area contributed by atoms with Gasteiger partial charge >= 0.3 is 0 Å². The van der Waals surface area contributed by atoms with E-state index in [0.29, 0.717) is 12.0 Å². The van der Waals surface area contributed by atoms with Crippen molar-refractivity contribution in [3.63, 3.8) is 0 Å². The Balaban J connectivity index is 1.71. The molecule has 0 saturated carbocycles. The van der Waals surface area contributed by atoms with Crippen molar-refractivity contribution in [1.29, 1.82) is 0 Å². The summed E-state index contributed by atoms with van der Waals surface area (Å²) in [5, 5.41) is 18.3. The second-order valence-corrected chi connectivity index (χ2v) is 6.58. The lowest BCUT2D eigenvalue weighted by molar-refractivity contribution is 0.202. The molecule has 0 aliphatic carbocycles. The summed E-state index contributed by atoms with van der Waals surface area (Å²) in [6.45, 7) is 7.11. The monoisotopic (exact) mass is 278 g/mol. The molecule has 3 heterocycles. The summed E-state index contributed by atoms with van der Waals surface area (Å²) in [6.07, 6.45) is 5.44. The maximum Gasteiger partial charge on any atom is 0.133 e. The van der Waals surface area contributed by atoms with E-state index in [1.54, 1.807) is 0 Å². The van der Waals surface area contributed by atoms with Gasteiger partial charge in [-0.05, 0) is 45.6 Å². The molecule has 112 valence electrons. The number of hydrogen-bond acceptors (Lipinski definition) is 4. The van der Waals surface area contributed by atoms with E-state index in [2.05, 4.69) is 33.5 Å². The fourth-order valence-electron chi connectivity index (χ4n) is 3.65. The molecule has 1 saturated heterocycles. The zero-order chi connectivity index (χ0) is 14.1. The van der Waals surface area contributed by atoms with Crippen molar-refractivity contribution in [2.24, 2.45) is 5.92 Å². The van der Waals surface area contributed by atoms with Gasteiger partial charge in [0.15, 0.2) is 0 Å². The van der Waals surface area contributed by atoms with Gasteiger partial charge < -0.3 is 14.6 Å². The largest absolute Gasteiger partial charge is 0.394 e. The summed E-state index contributed by atoms with van der Waals surface area (Å²) >= 11 is 0. The smallest absolute Gasteiger partial charge is 0.133 e. The fraction of sp³-hybridized carbons (Fsp3) is 0.867. The summed E-state index contributed by atoms with van der Waals surface area (Å²) in [5.74, 6) is 2.85. The number of aromatic nitrogens is 3. The number of fused-ring (bicyclic) bond motifs is 1. The summed E-state index contributed by atoms with van der Waals surface area (Å²) in [4.78, 5) is 2.54. The first kappa shape index (κ1) is 14.0. The molecule has 1 N–H and O–H groups in total. The van der Waals surface area contributed by atoms with Crippen LogP contribution in [0.25, 0.3) is 0 Å². The standard InChI is InChI=1S/C15H26N4O/c1-11(2)18-7-6-12(9-18)8-15-17-16-14-5-3-4-13(10-20)19(14)15/h11-13,20H,3-10H2,1-2H3. The molecule has 2 unspecified atom stereocenters. The second kappa shape index (κ2) is 5.82. The van der Waals surface area contributed by atoms with E-state index in [0.717, 1.165) is 37.3 Å². The summed E-state index contributed by atoms with van der Waals surface area (Å²) in [5.41, 5.74) is 0. The Bertz CT molecular complexity index is 457. The highest BCUT2D eigenvalue weighted by Crippen LogP contribution is 2.28. The van der Waals surface area contributed by atoms with Crippen LogP contribution in [0.4, 0.5) is 0 Å². The Morgan fingerprint density at radius 3 is 2.85 bits per heavy atom. The molecule has 2 aliphatic heterocycles. The highest BCUT2D eigenvalue weighted by atomic mass is 16.3. The minimum absolute atomic E-state index is 0.200. The molecule has 2 atom stereocenters.